The number of nitrogens with zero attached hydrogens (tertiary/aromatic N) is 1. The molecule has 0 bridgehead atoms. The number of likely N-dealkylation sites (tertiary alicyclic amines) is 1. The Balaban J connectivity index is 1.77. The van der Waals surface area contributed by atoms with Crippen molar-refractivity contribution in [3.8, 4) is 0 Å². The summed E-state index contributed by atoms with van der Waals surface area (Å²) in [4.78, 5) is 14.5. The summed E-state index contributed by atoms with van der Waals surface area (Å²) in [6.07, 6.45) is 2.54. The van der Waals surface area contributed by atoms with Crippen LogP contribution in [-0.2, 0) is 0 Å². The standard InChI is InChI=1S/C15H20Br2N2O/c1-11-2-5-19(6-3-11)7-4-18-15(20)12-8-13(16)10-14(17)9-12/h8-11H,2-7H2,1H3,(H,18,20). The first-order valence-corrected chi connectivity index (χ1v) is 8.60. The van der Waals surface area contributed by atoms with Crippen LogP contribution < -0.4 is 5.32 Å². The molecule has 1 fully saturated rings. The van der Waals surface area contributed by atoms with Crippen LogP contribution in [0, 0.1) is 5.92 Å². The molecular formula is C15H20Br2N2O. The maximum atomic E-state index is 12.1. The Morgan fingerprint density at radius 2 is 1.85 bits per heavy atom. The van der Waals surface area contributed by atoms with Gasteiger partial charge in [-0.05, 0) is 50.0 Å². The van der Waals surface area contributed by atoms with E-state index in [4.69, 9.17) is 0 Å². The molecule has 1 aliphatic heterocycles. The molecule has 3 nitrogen and oxygen atoms in total. The zero-order chi connectivity index (χ0) is 14.5. The van der Waals surface area contributed by atoms with Crippen LogP contribution in [0.25, 0.3) is 0 Å². The molecule has 0 spiro atoms. The van der Waals surface area contributed by atoms with Crippen molar-refractivity contribution in [3.63, 3.8) is 0 Å². The van der Waals surface area contributed by atoms with Crippen LogP contribution in [0.1, 0.15) is 30.1 Å². The molecule has 20 heavy (non-hydrogen) atoms. The molecule has 110 valence electrons. The lowest BCUT2D eigenvalue weighted by atomic mass is 9.99. The van der Waals surface area contributed by atoms with E-state index >= 15 is 0 Å². The van der Waals surface area contributed by atoms with E-state index in [2.05, 4.69) is 49.0 Å². The first-order chi connectivity index (χ1) is 9.54. The van der Waals surface area contributed by atoms with Gasteiger partial charge in [-0.2, -0.15) is 0 Å². The molecule has 0 aliphatic carbocycles. The molecule has 1 saturated heterocycles. The minimum Gasteiger partial charge on any atom is -0.351 e. The fraction of sp³-hybridized carbons (Fsp3) is 0.533. The third-order valence-electron chi connectivity index (χ3n) is 3.71. The monoisotopic (exact) mass is 402 g/mol. The van der Waals surface area contributed by atoms with Crippen molar-refractivity contribution in [2.45, 2.75) is 19.8 Å². The number of carbonyl (C=O) groups is 1. The van der Waals surface area contributed by atoms with E-state index in [1.165, 1.54) is 12.8 Å². The van der Waals surface area contributed by atoms with Crippen molar-refractivity contribution in [2.24, 2.45) is 5.92 Å². The second-order valence-corrected chi connectivity index (χ2v) is 7.27. The summed E-state index contributed by atoms with van der Waals surface area (Å²) in [7, 11) is 0. The van der Waals surface area contributed by atoms with E-state index in [0.29, 0.717) is 12.1 Å². The summed E-state index contributed by atoms with van der Waals surface area (Å²) in [5, 5.41) is 2.99. The summed E-state index contributed by atoms with van der Waals surface area (Å²) in [6, 6.07) is 5.59. The summed E-state index contributed by atoms with van der Waals surface area (Å²) in [5.41, 5.74) is 0.679. The highest BCUT2D eigenvalue weighted by Gasteiger charge is 2.15. The number of hydrogen-bond donors (Lipinski definition) is 1. The minimum atomic E-state index is -0.0163. The first-order valence-electron chi connectivity index (χ1n) is 7.01. The molecule has 1 N–H and O–H groups in total. The van der Waals surface area contributed by atoms with Crippen molar-refractivity contribution >= 4 is 37.8 Å². The number of piperidine rings is 1. The van der Waals surface area contributed by atoms with Gasteiger partial charge in [-0.25, -0.2) is 0 Å². The van der Waals surface area contributed by atoms with E-state index in [1.54, 1.807) is 0 Å². The van der Waals surface area contributed by atoms with E-state index in [9.17, 15) is 4.79 Å². The van der Waals surface area contributed by atoms with Gasteiger partial charge < -0.3 is 10.2 Å². The molecule has 1 aromatic rings. The second kappa shape index (κ2) is 7.57. The van der Waals surface area contributed by atoms with Gasteiger partial charge in [-0.15, -0.1) is 0 Å². The Morgan fingerprint density at radius 1 is 1.25 bits per heavy atom. The summed E-state index contributed by atoms with van der Waals surface area (Å²) in [5.74, 6) is 0.831. The first kappa shape index (κ1) is 16.0. The lowest BCUT2D eigenvalue weighted by Crippen LogP contribution is -2.39. The maximum absolute atomic E-state index is 12.1. The van der Waals surface area contributed by atoms with Gasteiger partial charge in [0.25, 0.3) is 5.91 Å². The molecule has 0 unspecified atom stereocenters. The SMILES string of the molecule is CC1CCN(CCNC(=O)c2cc(Br)cc(Br)c2)CC1. The minimum absolute atomic E-state index is 0.0163. The zero-order valence-electron chi connectivity index (χ0n) is 11.7. The lowest BCUT2D eigenvalue weighted by Gasteiger charge is -2.30. The molecule has 5 heteroatoms. The number of benzene rings is 1. The number of rotatable bonds is 4. The quantitative estimate of drug-likeness (QED) is 0.831. The van der Waals surface area contributed by atoms with Gasteiger partial charge >= 0.3 is 0 Å². The molecule has 2 rings (SSSR count). The number of amides is 1. The second-order valence-electron chi connectivity index (χ2n) is 5.44. The Morgan fingerprint density at radius 3 is 2.45 bits per heavy atom. The molecule has 1 aromatic carbocycles. The topological polar surface area (TPSA) is 32.3 Å². The predicted molar refractivity (Wildman–Crippen MR) is 89.0 cm³/mol. The Hall–Kier alpha value is -0.390. The fourth-order valence-corrected chi connectivity index (χ4v) is 3.69. The zero-order valence-corrected chi connectivity index (χ0v) is 14.8. The Labute approximate surface area is 137 Å². The molecule has 1 aliphatic rings. The molecule has 1 heterocycles. The van der Waals surface area contributed by atoms with Gasteiger partial charge in [0.2, 0.25) is 0 Å². The average molecular weight is 404 g/mol. The van der Waals surface area contributed by atoms with E-state index in [-0.39, 0.29) is 5.91 Å². The van der Waals surface area contributed by atoms with E-state index in [0.717, 1.165) is 34.5 Å². The number of nitrogens with one attached hydrogen (secondary N) is 1. The third-order valence-corrected chi connectivity index (χ3v) is 4.63. The van der Waals surface area contributed by atoms with Gasteiger partial charge in [0, 0.05) is 27.6 Å². The van der Waals surface area contributed by atoms with Gasteiger partial charge in [0.05, 0.1) is 0 Å². The predicted octanol–water partition coefficient (Wildman–Crippen LogP) is 3.67. The van der Waals surface area contributed by atoms with E-state index in [1.807, 2.05) is 18.2 Å². The van der Waals surface area contributed by atoms with Gasteiger partial charge in [-0.3, -0.25) is 4.79 Å². The molecule has 1 amide bonds. The van der Waals surface area contributed by atoms with Crippen LogP contribution in [0.4, 0.5) is 0 Å². The molecular weight excluding hydrogens is 384 g/mol. The smallest absolute Gasteiger partial charge is 0.251 e. The summed E-state index contributed by atoms with van der Waals surface area (Å²) >= 11 is 6.80. The largest absolute Gasteiger partial charge is 0.351 e. The molecule has 0 atom stereocenters. The van der Waals surface area contributed by atoms with Crippen LogP contribution >= 0.6 is 31.9 Å². The van der Waals surface area contributed by atoms with Crippen molar-refractivity contribution in [3.05, 3.63) is 32.7 Å². The van der Waals surface area contributed by atoms with Gasteiger partial charge in [-0.1, -0.05) is 38.8 Å². The molecule has 0 aromatic heterocycles. The average Bonchev–Trinajstić information content (AvgIpc) is 2.40. The van der Waals surface area contributed by atoms with Gasteiger partial charge in [0.15, 0.2) is 0 Å². The highest BCUT2D eigenvalue weighted by molar-refractivity contribution is 9.11. The Bertz CT molecular complexity index is 451. The van der Waals surface area contributed by atoms with Crippen LogP contribution in [0.2, 0.25) is 0 Å². The summed E-state index contributed by atoms with van der Waals surface area (Å²) in [6.45, 7) is 6.26. The fourth-order valence-electron chi connectivity index (χ4n) is 2.40. The number of hydrogen-bond acceptors (Lipinski definition) is 2. The number of carbonyl (C=O) groups excluding carboxylic acids is 1. The maximum Gasteiger partial charge on any atom is 0.251 e. The van der Waals surface area contributed by atoms with Crippen molar-refractivity contribution in [1.82, 2.24) is 10.2 Å². The summed E-state index contributed by atoms with van der Waals surface area (Å²) < 4.78 is 1.81. The highest BCUT2D eigenvalue weighted by Crippen LogP contribution is 2.20. The number of halogens is 2. The van der Waals surface area contributed by atoms with Gasteiger partial charge in [0.1, 0.15) is 0 Å². The van der Waals surface area contributed by atoms with Crippen LogP contribution in [0.3, 0.4) is 0 Å². The van der Waals surface area contributed by atoms with E-state index < -0.39 is 0 Å². The van der Waals surface area contributed by atoms with Crippen molar-refractivity contribution in [2.75, 3.05) is 26.2 Å². The highest BCUT2D eigenvalue weighted by atomic mass is 79.9. The molecule has 0 saturated carbocycles. The van der Waals surface area contributed by atoms with Crippen LogP contribution in [0.5, 0.6) is 0 Å². The lowest BCUT2D eigenvalue weighted by molar-refractivity contribution is 0.0944. The van der Waals surface area contributed by atoms with Crippen LogP contribution in [0.15, 0.2) is 27.1 Å². The van der Waals surface area contributed by atoms with Crippen LogP contribution in [-0.4, -0.2) is 37.0 Å². The van der Waals surface area contributed by atoms with Crippen molar-refractivity contribution < 1.29 is 4.79 Å². The normalized spacial score (nSPS) is 17.1. The third kappa shape index (κ3) is 4.86. The Kier molecular flexibility index (Phi) is 6.05. The molecule has 0 radical (unpaired) electrons. The van der Waals surface area contributed by atoms with Crippen molar-refractivity contribution in [1.29, 1.82) is 0 Å².